The minimum absolute atomic E-state index is 0.0965. The minimum Gasteiger partial charge on any atom is -0.328 e. The van der Waals surface area contributed by atoms with Crippen molar-refractivity contribution in [2.75, 3.05) is 0 Å². The molecule has 2 aromatic heterocycles. The molecule has 0 aromatic carbocycles. The predicted octanol–water partition coefficient (Wildman–Crippen LogP) is -0.546. The number of imidazole rings is 1. The predicted molar refractivity (Wildman–Crippen MR) is 55.9 cm³/mol. The zero-order valence-electron chi connectivity index (χ0n) is 12.3. The Morgan fingerprint density at radius 2 is 2.33 bits per heavy atom. The summed E-state index contributed by atoms with van der Waals surface area (Å²) in [5.41, 5.74) is -1.69. The first-order chi connectivity index (χ1) is 8.70. The Bertz CT molecular complexity index is 768. The molecular formula is C9H12N4O2. The lowest BCUT2D eigenvalue weighted by Gasteiger charge is -2.05. The molecule has 0 N–H and O–H groups in total. The second-order valence-corrected chi connectivity index (χ2v) is 3.11. The van der Waals surface area contributed by atoms with Gasteiger partial charge in [-0.25, -0.2) is 9.78 Å². The minimum atomic E-state index is -2.70. The van der Waals surface area contributed by atoms with Crippen LogP contribution >= 0.6 is 0 Å². The molecule has 2 aromatic rings. The summed E-state index contributed by atoms with van der Waals surface area (Å²) in [5, 5.41) is 0. The summed E-state index contributed by atoms with van der Waals surface area (Å²) >= 11 is 0. The maximum atomic E-state index is 12.2. The van der Waals surface area contributed by atoms with Crippen LogP contribution in [0.5, 0.6) is 0 Å². The first-order valence-corrected chi connectivity index (χ1v) is 4.39. The molecular weight excluding hydrogens is 196 g/mol. The first-order valence-electron chi connectivity index (χ1n) is 6.39. The van der Waals surface area contributed by atoms with Crippen molar-refractivity contribution in [2.45, 2.75) is 13.5 Å². The van der Waals surface area contributed by atoms with Gasteiger partial charge in [-0.2, -0.15) is 0 Å². The first kappa shape index (κ1) is 5.89. The van der Waals surface area contributed by atoms with Crippen LogP contribution in [0.15, 0.2) is 15.9 Å². The quantitative estimate of drug-likeness (QED) is 0.637. The van der Waals surface area contributed by atoms with Crippen LogP contribution in [0.4, 0.5) is 0 Å². The maximum absolute atomic E-state index is 12.2. The van der Waals surface area contributed by atoms with Gasteiger partial charge in [-0.15, -0.1) is 0 Å². The average Bonchev–Trinajstić information content (AvgIpc) is 2.64. The molecule has 0 aliphatic heterocycles. The number of hydrogen-bond acceptors (Lipinski definition) is 3. The third kappa shape index (κ3) is 1.14. The number of nitrogens with zero attached hydrogens (tertiary/aromatic N) is 4. The van der Waals surface area contributed by atoms with E-state index >= 15 is 0 Å². The van der Waals surface area contributed by atoms with Crippen LogP contribution in [-0.4, -0.2) is 18.7 Å². The molecule has 0 unspecified atom stereocenters. The van der Waals surface area contributed by atoms with E-state index in [-0.39, 0.29) is 17.7 Å². The van der Waals surface area contributed by atoms with Crippen molar-refractivity contribution in [3.8, 4) is 0 Å². The molecule has 0 bridgehead atoms. The van der Waals surface area contributed by atoms with Gasteiger partial charge in [-0.1, -0.05) is 0 Å². The lowest BCUT2D eigenvalue weighted by molar-refractivity contribution is 0.635. The highest BCUT2D eigenvalue weighted by Crippen LogP contribution is 2.02. The number of rotatable bonds is 1. The van der Waals surface area contributed by atoms with Crippen molar-refractivity contribution in [3.05, 3.63) is 27.1 Å². The van der Waals surface area contributed by atoms with Crippen molar-refractivity contribution in [1.29, 1.82) is 0 Å². The highest BCUT2D eigenvalue weighted by atomic mass is 16.2. The normalized spacial score (nSPS) is 15.9. The smallest absolute Gasteiger partial charge is 0.328 e. The lowest BCUT2D eigenvalue weighted by Crippen LogP contribution is -2.39. The Morgan fingerprint density at radius 3 is 2.93 bits per heavy atom. The van der Waals surface area contributed by atoms with E-state index in [4.69, 9.17) is 5.48 Å². The zero-order valence-corrected chi connectivity index (χ0v) is 8.31. The summed E-state index contributed by atoms with van der Waals surface area (Å²) < 4.78 is 32.2. The lowest BCUT2D eigenvalue weighted by atomic mass is 10.5. The van der Waals surface area contributed by atoms with Gasteiger partial charge in [0.05, 0.1) is 6.30 Å². The van der Waals surface area contributed by atoms with Crippen molar-refractivity contribution in [3.63, 3.8) is 0 Å². The van der Waals surface area contributed by atoms with Crippen molar-refractivity contribution in [2.24, 2.45) is 14.0 Å². The molecule has 0 amide bonds. The van der Waals surface area contributed by atoms with Gasteiger partial charge >= 0.3 is 5.69 Å². The molecule has 0 radical (unpaired) electrons. The molecule has 0 fully saturated rings. The Hall–Kier alpha value is -1.85. The van der Waals surface area contributed by atoms with Gasteiger partial charge in [-0.05, 0) is 6.92 Å². The van der Waals surface area contributed by atoms with Crippen LogP contribution in [0, 0.1) is 0 Å². The molecule has 15 heavy (non-hydrogen) atoms. The fourth-order valence-electron chi connectivity index (χ4n) is 1.49. The van der Waals surface area contributed by atoms with E-state index in [2.05, 4.69) is 4.98 Å². The maximum Gasteiger partial charge on any atom is 0.332 e. The van der Waals surface area contributed by atoms with E-state index in [0.717, 1.165) is 9.13 Å². The molecule has 6 heteroatoms. The van der Waals surface area contributed by atoms with Gasteiger partial charge in [0.25, 0.3) is 5.56 Å². The van der Waals surface area contributed by atoms with E-state index in [1.54, 1.807) is 6.92 Å². The number of aromatic nitrogens is 4. The van der Waals surface area contributed by atoms with Crippen LogP contribution in [0.2, 0.25) is 0 Å². The Kier molecular flexibility index (Phi) is 1.21. The fourth-order valence-corrected chi connectivity index (χ4v) is 1.49. The fraction of sp³-hybridized carbons (Fsp3) is 0.444. The Morgan fingerprint density at radius 1 is 1.60 bits per heavy atom. The van der Waals surface area contributed by atoms with Crippen molar-refractivity contribution >= 4 is 11.2 Å². The number of hydrogen-bond donors (Lipinski definition) is 0. The van der Waals surface area contributed by atoms with E-state index in [0.29, 0.717) is 4.57 Å². The van der Waals surface area contributed by atoms with E-state index < -0.39 is 24.5 Å². The van der Waals surface area contributed by atoms with Crippen LogP contribution < -0.4 is 11.2 Å². The summed E-state index contributed by atoms with van der Waals surface area (Å²) in [6.45, 7) is -0.985. The zero-order chi connectivity index (χ0) is 14.5. The molecule has 0 spiro atoms. The van der Waals surface area contributed by atoms with Crippen LogP contribution in [0.25, 0.3) is 11.2 Å². The third-order valence-electron chi connectivity index (χ3n) is 2.29. The largest absolute Gasteiger partial charge is 0.332 e. The van der Waals surface area contributed by atoms with E-state index in [9.17, 15) is 9.59 Å². The van der Waals surface area contributed by atoms with Gasteiger partial charge in [0, 0.05) is 24.7 Å². The molecule has 2 rings (SSSR count). The Balaban J connectivity index is 3.12. The highest BCUT2D eigenvalue weighted by Gasteiger charge is 2.12. The standard InChI is InChI=1S/C9H12N4O2/c1-4-13-8(14)6-7(10-5-11(6)2)12(3)9(13)15/h5H,4H2,1-3H3/i2D3,5D. The molecule has 2 heterocycles. The summed E-state index contributed by atoms with van der Waals surface area (Å²) in [5.74, 6) is 0. The van der Waals surface area contributed by atoms with Gasteiger partial charge in [0.2, 0.25) is 0 Å². The van der Waals surface area contributed by atoms with Crippen LogP contribution in [0.1, 0.15) is 12.4 Å². The SMILES string of the molecule is [2H]c1nc2c(c(=O)n(CC)c(=O)n2C)n1C([2H])([2H])[2H]. The highest BCUT2D eigenvalue weighted by molar-refractivity contribution is 5.69. The monoisotopic (exact) mass is 212 g/mol. The molecule has 0 saturated heterocycles. The molecule has 80 valence electrons. The van der Waals surface area contributed by atoms with Gasteiger partial charge in [0.1, 0.15) is 1.37 Å². The molecule has 0 saturated carbocycles. The topological polar surface area (TPSA) is 61.8 Å². The molecule has 0 atom stereocenters. The number of fused-ring (bicyclic) bond motifs is 1. The van der Waals surface area contributed by atoms with Gasteiger partial charge in [0.15, 0.2) is 11.2 Å². The van der Waals surface area contributed by atoms with Gasteiger partial charge in [-0.3, -0.25) is 13.9 Å². The molecule has 0 aliphatic rings. The second kappa shape index (κ2) is 3.08. The third-order valence-corrected chi connectivity index (χ3v) is 2.29. The summed E-state index contributed by atoms with van der Waals surface area (Å²) in [4.78, 5) is 27.7. The summed E-state index contributed by atoms with van der Waals surface area (Å²) in [6.07, 6.45) is -0.573. The van der Waals surface area contributed by atoms with Crippen molar-refractivity contribution < 1.29 is 5.48 Å². The molecule has 0 aliphatic carbocycles. The Labute approximate surface area is 91.0 Å². The summed E-state index contributed by atoms with van der Waals surface area (Å²) in [6, 6.07) is 0. The van der Waals surface area contributed by atoms with E-state index in [1.807, 2.05) is 0 Å². The molecule has 6 nitrogen and oxygen atoms in total. The van der Waals surface area contributed by atoms with Crippen LogP contribution in [-0.2, 0) is 20.6 Å². The van der Waals surface area contributed by atoms with E-state index in [1.165, 1.54) is 7.05 Å². The van der Waals surface area contributed by atoms with Crippen molar-refractivity contribution in [1.82, 2.24) is 18.7 Å². The average molecular weight is 212 g/mol. The summed E-state index contributed by atoms with van der Waals surface area (Å²) in [7, 11) is 1.38. The van der Waals surface area contributed by atoms with Crippen LogP contribution in [0.3, 0.4) is 0 Å². The van der Waals surface area contributed by atoms with Gasteiger partial charge < -0.3 is 4.57 Å². The second-order valence-electron chi connectivity index (χ2n) is 3.11. The number of aryl methyl sites for hydroxylation is 2.